The zero-order valence-corrected chi connectivity index (χ0v) is 15.8. The number of aliphatic hydroxyl groups is 1. The van der Waals surface area contributed by atoms with Gasteiger partial charge in [0.1, 0.15) is 6.10 Å². The number of rotatable bonds is 8. The molecule has 0 radical (unpaired) electrons. The molecule has 0 unspecified atom stereocenters. The van der Waals surface area contributed by atoms with Crippen molar-refractivity contribution >= 4 is 0 Å². The quantitative estimate of drug-likeness (QED) is 0.683. The molecule has 0 aliphatic rings. The monoisotopic (exact) mass is 312 g/mol. The first-order valence-electron chi connectivity index (χ1n) is 8.36. The normalized spacial score (nSPS) is 16.6. The highest BCUT2D eigenvalue weighted by atomic mass is 16.5. The number of methoxy groups -OCH3 is 1. The molecule has 0 saturated carbocycles. The number of hydrogen-bond donors (Lipinski definition) is 1. The Kier molecular flexibility index (Phi) is 9.31. The van der Waals surface area contributed by atoms with Gasteiger partial charge in [0, 0.05) is 13.5 Å². The third kappa shape index (κ3) is 11.1. The summed E-state index contributed by atoms with van der Waals surface area (Å²) in [4.78, 5) is 0. The molecule has 0 rings (SSSR count). The molecule has 0 saturated heterocycles. The van der Waals surface area contributed by atoms with Gasteiger partial charge < -0.3 is 14.6 Å². The second kappa shape index (κ2) is 9.55. The largest absolute Gasteiger partial charge is 0.380 e. The topological polar surface area (TPSA) is 38.7 Å². The Morgan fingerprint density at radius 2 is 1.68 bits per heavy atom. The first kappa shape index (κ1) is 21.4. The number of hydrogen-bond acceptors (Lipinski definition) is 3. The molecule has 0 fully saturated rings. The van der Waals surface area contributed by atoms with E-state index in [1.807, 2.05) is 34.6 Å². The Balaban J connectivity index is 4.11. The van der Waals surface area contributed by atoms with Gasteiger partial charge in [-0.15, -0.1) is 0 Å². The van der Waals surface area contributed by atoms with E-state index in [0.717, 1.165) is 19.3 Å². The molecule has 3 atom stereocenters. The van der Waals surface area contributed by atoms with Gasteiger partial charge in [0.05, 0.1) is 17.3 Å². The molecular formula is C19H36O3. The van der Waals surface area contributed by atoms with E-state index >= 15 is 0 Å². The van der Waals surface area contributed by atoms with E-state index in [-0.39, 0.29) is 23.2 Å². The Hall–Kier alpha value is -0.560. The lowest BCUT2D eigenvalue weighted by Gasteiger charge is -2.24. The van der Waals surface area contributed by atoms with Crippen molar-refractivity contribution in [2.75, 3.05) is 7.11 Å². The van der Waals surface area contributed by atoms with Gasteiger partial charge in [-0.3, -0.25) is 0 Å². The molecule has 0 amide bonds. The lowest BCUT2D eigenvalue weighted by Crippen LogP contribution is -2.25. The highest BCUT2D eigenvalue weighted by Crippen LogP contribution is 2.20. The molecule has 1 N–H and O–H groups in total. The van der Waals surface area contributed by atoms with Crippen LogP contribution in [0.15, 0.2) is 0 Å². The van der Waals surface area contributed by atoms with E-state index in [1.54, 1.807) is 7.11 Å². The standard InChI is InChI=1S/C19H36O3/c1-15(11-10-14-19(6,7)21-8)17(20)13-9-12-16(2)22-18(3,4)5/h15-17,20H,10-12,14H2,1-8H3/t15-,16-,17-/m0/s1. The van der Waals surface area contributed by atoms with E-state index in [1.165, 1.54) is 0 Å². The first-order chi connectivity index (χ1) is 9.97. The lowest BCUT2D eigenvalue weighted by atomic mass is 9.93. The second-order valence-electron chi connectivity index (χ2n) is 7.84. The molecule has 0 aromatic carbocycles. The molecule has 0 aromatic rings. The maximum absolute atomic E-state index is 10.1. The van der Waals surface area contributed by atoms with Crippen LogP contribution < -0.4 is 0 Å². The zero-order chi connectivity index (χ0) is 17.4. The van der Waals surface area contributed by atoms with Crippen molar-refractivity contribution in [3.8, 4) is 11.8 Å². The van der Waals surface area contributed by atoms with Gasteiger partial charge in [0.25, 0.3) is 0 Å². The average Bonchev–Trinajstić information content (AvgIpc) is 2.36. The van der Waals surface area contributed by atoms with E-state index in [9.17, 15) is 5.11 Å². The van der Waals surface area contributed by atoms with Gasteiger partial charge in [-0.1, -0.05) is 25.2 Å². The van der Waals surface area contributed by atoms with Gasteiger partial charge in [0.2, 0.25) is 0 Å². The van der Waals surface area contributed by atoms with Crippen LogP contribution in [0.3, 0.4) is 0 Å². The van der Waals surface area contributed by atoms with Gasteiger partial charge in [0.15, 0.2) is 0 Å². The molecule has 0 bridgehead atoms. The minimum absolute atomic E-state index is 0.0810. The van der Waals surface area contributed by atoms with Crippen molar-refractivity contribution in [1.29, 1.82) is 0 Å². The van der Waals surface area contributed by atoms with Crippen molar-refractivity contribution in [3.05, 3.63) is 0 Å². The van der Waals surface area contributed by atoms with Crippen LogP contribution in [-0.2, 0) is 9.47 Å². The fourth-order valence-corrected chi connectivity index (χ4v) is 2.20. The predicted octanol–water partition coefficient (Wildman–Crippen LogP) is 4.18. The SMILES string of the molecule is COC(C)(C)CCC[C@H](C)[C@@H](O)C#CC[C@H](C)OC(C)(C)C. The van der Waals surface area contributed by atoms with Crippen molar-refractivity contribution in [2.45, 2.75) is 97.6 Å². The molecule has 0 aliphatic carbocycles. The van der Waals surface area contributed by atoms with Gasteiger partial charge >= 0.3 is 0 Å². The number of aliphatic hydroxyl groups excluding tert-OH is 1. The summed E-state index contributed by atoms with van der Waals surface area (Å²) in [6, 6.07) is 0. The molecule has 130 valence electrons. The maximum Gasteiger partial charge on any atom is 0.117 e. The Morgan fingerprint density at radius 1 is 1.09 bits per heavy atom. The van der Waals surface area contributed by atoms with Crippen LogP contribution in [0.25, 0.3) is 0 Å². The molecule has 0 heterocycles. The van der Waals surface area contributed by atoms with E-state index < -0.39 is 6.10 Å². The van der Waals surface area contributed by atoms with Crippen LogP contribution in [0.2, 0.25) is 0 Å². The zero-order valence-electron chi connectivity index (χ0n) is 15.8. The molecule has 22 heavy (non-hydrogen) atoms. The average molecular weight is 312 g/mol. The summed E-state index contributed by atoms with van der Waals surface area (Å²) < 4.78 is 11.2. The maximum atomic E-state index is 10.1. The summed E-state index contributed by atoms with van der Waals surface area (Å²) in [6.07, 6.45) is 3.15. The Morgan fingerprint density at radius 3 is 2.18 bits per heavy atom. The fraction of sp³-hybridized carbons (Fsp3) is 0.895. The van der Waals surface area contributed by atoms with Gasteiger partial charge in [-0.2, -0.15) is 0 Å². The van der Waals surface area contributed by atoms with Crippen molar-refractivity contribution in [1.82, 2.24) is 0 Å². The van der Waals surface area contributed by atoms with E-state index in [4.69, 9.17) is 9.47 Å². The summed E-state index contributed by atoms with van der Waals surface area (Å²) in [6.45, 7) is 14.4. The summed E-state index contributed by atoms with van der Waals surface area (Å²) in [5.74, 6) is 6.19. The summed E-state index contributed by atoms with van der Waals surface area (Å²) in [5, 5.41) is 10.1. The minimum atomic E-state index is -0.563. The van der Waals surface area contributed by atoms with Gasteiger partial charge in [-0.25, -0.2) is 0 Å². The summed E-state index contributed by atoms with van der Waals surface area (Å²) >= 11 is 0. The summed E-state index contributed by atoms with van der Waals surface area (Å²) in [7, 11) is 1.74. The summed E-state index contributed by atoms with van der Waals surface area (Å²) in [5.41, 5.74) is -0.239. The van der Waals surface area contributed by atoms with Crippen LogP contribution in [0.1, 0.15) is 74.1 Å². The molecule has 0 spiro atoms. The Bertz CT molecular complexity index is 357. The highest BCUT2D eigenvalue weighted by molar-refractivity contribution is 5.06. The van der Waals surface area contributed by atoms with Crippen molar-refractivity contribution in [2.24, 2.45) is 5.92 Å². The predicted molar refractivity (Wildman–Crippen MR) is 92.8 cm³/mol. The molecule has 3 nitrogen and oxygen atoms in total. The second-order valence-corrected chi connectivity index (χ2v) is 7.84. The van der Waals surface area contributed by atoms with Crippen LogP contribution in [0.4, 0.5) is 0 Å². The van der Waals surface area contributed by atoms with Crippen molar-refractivity contribution in [3.63, 3.8) is 0 Å². The fourth-order valence-electron chi connectivity index (χ4n) is 2.20. The van der Waals surface area contributed by atoms with Crippen LogP contribution in [0.5, 0.6) is 0 Å². The molecule has 0 aliphatic heterocycles. The van der Waals surface area contributed by atoms with Crippen molar-refractivity contribution < 1.29 is 14.6 Å². The van der Waals surface area contributed by atoms with E-state index in [2.05, 4.69) is 25.7 Å². The lowest BCUT2D eigenvalue weighted by molar-refractivity contribution is -0.0485. The minimum Gasteiger partial charge on any atom is -0.380 e. The Labute approximate surface area is 137 Å². The van der Waals surface area contributed by atoms with E-state index in [0.29, 0.717) is 6.42 Å². The molecule has 0 aromatic heterocycles. The smallest absolute Gasteiger partial charge is 0.117 e. The first-order valence-corrected chi connectivity index (χ1v) is 8.36. The van der Waals surface area contributed by atoms with Crippen LogP contribution in [-0.4, -0.2) is 35.6 Å². The number of ether oxygens (including phenoxy) is 2. The third-order valence-corrected chi connectivity index (χ3v) is 3.72. The van der Waals surface area contributed by atoms with Crippen LogP contribution >= 0.6 is 0 Å². The highest BCUT2D eigenvalue weighted by Gasteiger charge is 2.18. The van der Waals surface area contributed by atoms with Gasteiger partial charge in [-0.05, 0) is 60.3 Å². The third-order valence-electron chi connectivity index (χ3n) is 3.72. The van der Waals surface area contributed by atoms with Crippen LogP contribution in [0, 0.1) is 17.8 Å². The molecule has 3 heteroatoms. The molecular weight excluding hydrogens is 276 g/mol.